The summed E-state index contributed by atoms with van der Waals surface area (Å²) in [6.45, 7) is 5.81. The van der Waals surface area contributed by atoms with Gasteiger partial charge in [-0.3, -0.25) is 9.36 Å². The molecular weight excluding hydrogens is 548 g/mol. The van der Waals surface area contributed by atoms with Crippen molar-refractivity contribution in [2.45, 2.75) is 26.8 Å². The molecule has 0 saturated heterocycles. The van der Waals surface area contributed by atoms with Gasteiger partial charge in [0.1, 0.15) is 17.6 Å². The van der Waals surface area contributed by atoms with Crippen molar-refractivity contribution < 1.29 is 13.9 Å². The van der Waals surface area contributed by atoms with Crippen LogP contribution in [0.15, 0.2) is 77.8 Å². The number of hydrogen-bond donors (Lipinski definition) is 0. The van der Waals surface area contributed by atoms with Crippen molar-refractivity contribution in [2.75, 3.05) is 6.61 Å². The number of aryl methyl sites for hydroxylation is 1. The summed E-state index contributed by atoms with van der Waals surface area (Å²) in [5, 5.41) is 1.93. The van der Waals surface area contributed by atoms with Gasteiger partial charge in [0.25, 0.3) is 5.56 Å². The molecule has 0 N–H and O–H groups in total. The number of rotatable bonds is 5. The van der Waals surface area contributed by atoms with Gasteiger partial charge in [-0.2, -0.15) is 0 Å². The van der Waals surface area contributed by atoms with Crippen molar-refractivity contribution in [3.8, 4) is 11.3 Å². The predicted octanol–water partition coefficient (Wildman–Crippen LogP) is 5.19. The quantitative estimate of drug-likeness (QED) is 0.310. The highest BCUT2D eigenvalue weighted by atomic mass is 79.9. The molecule has 5 rings (SSSR count). The Morgan fingerprint density at radius 2 is 2.09 bits per heavy atom. The SMILES string of the molecule is CCOC(=O)C1=C(C)N=c2s/c(=C\c3ccc(-c4ccc(C)cc4Br)o3)c(=O)n2[C@@H]1c1cccs1. The summed E-state index contributed by atoms with van der Waals surface area (Å²) in [7, 11) is 0. The topological polar surface area (TPSA) is 73.8 Å². The van der Waals surface area contributed by atoms with Gasteiger partial charge in [-0.25, -0.2) is 9.79 Å². The van der Waals surface area contributed by atoms with Crippen LogP contribution in [0.1, 0.15) is 36.1 Å². The summed E-state index contributed by atoms with van der Waals surface area (Å²) in [5.41, 5.74) is 2.79. The molecule has 1 atom stereocenters. The Balaban J connectivity index is 1.62. The number of fused-ring (bicyclic) bond motifs is 1. The lowest BCUT2D eigenvalue weighted by Crippen LogP contribution is -2.39. The molecule has 4 aromatic rings. The van der Waals surface area contributed by atoms with Gasteiger partial charge in [-0.1, -0.05) is 39.4 Å². The molecule has 1 aliphatic rings. The zero-order valence-corrected chi connectivity index (χ0v) is 22.4. The van der Waals surface area contributed by atoms with E-state index in [0.717, 1.165) is 20.5 Å². The Morgan fingerprint density at radius 3 is 2.80 bits per heavy atom. The van der Waals surface area contributed by atoms with Gasteiger partial charge in [-0.15, -0.1) is 11.3 Å². The third-order valence-electron chi connectivity index (χ3n) is 5.62. The molecule has 1 aliphatic heterocycles. The lowest BCUT2D eigenvalue weighted by Gasteiger charge is -2.23. The second-order valence-corrected chi connectivity index (χ2v) is 10.8. The van der Waals surface area contributed by atoms with E-state index in [1.165, 1.54) is 22.7 Å². The van der Waals surface area contributed by atoms with E-state index in [4.69, 9.17) is 9.15 Å². The van der Waals surface area contributed by atoms with E-state index in [2.05, 4.69) is 20.9 Å². The number of carbonyl (C=O) groups excluding carboxylic acids is 1. The highest BCUT2D eigenvalue weighted by Crippen LogP contribution is 2.33. The predicted molar refractivity (Wildman–Crippen MR) is 141 cm³/mol. The van der Waals surface area contributed by atoms with E-state index < -0.39 is 12.0 Å². The van der Waals surface area contributed by atoms with Gasteiger partial charge in [0.2, 0.25) is 0 Å². The first-order chi connectivity index (χ1) is 16.9. The fourth-order valence-corrected chi connectivity index (χ4v) is 6.57. The zero-order valence-electron chi connectivity index (χ0n) is 19.2. The highest BCUT2D eigenvalue weighted by molar-refractivity contribution is 9.10. The van der Waals surface area contributed by atoms with Crippen LogP contribution in [0.2, 0.25) is 0 Å². The molecule has 3 aromatic heterocycles. The average Bonchev–Trinajstić information content (AvgIpc) is 3.55. The van der Waals surface area contributed by atoms with Crippen molar-refractivity contribution in [3.05, 3.63) is 99.5 Å². The molecule has 0 radical (unpaired) electrons. The maximum absolute atomic E-state index is 13.6. The maximum Gasteiger partial charge on any atom is 0.338 e. The molecule has 0 saturated carbocycles. The third-order valence-corrected chi connectivity index (χ3v) is 8.18. The van der Waals surface area contributed by atoms with Gasteiger partial charge >= 0.3 is 5.97 Å². The molecule has 0 aliphatic carbocycles. The minimum Gasteiger partial charge on any atom is -0.463 e. The van der Waals surface area contributed by atoms with Gasteiger partial charge in [0.05, 0.1) is 22.4 Å². The first-order valence-electron chi connectivity index (χ1n) is 11.0. The standard InChI is InChI=1S/C26H21BrN2O4S2/c1-4-32-25(31)22-15(3)28-26-29(23(22)20-6-5-11-34-20)24(30)21(35-26)13-16-8-10-19(33-16)17-9-7-14(2)12-18(17)27/h5-13,23H,4H2,1-3H3/b21-13-/t23-/m1/s1. The molecule has 6 nitrogen and oxygen atoms in total. The van der Waals surface area contributed by atoms with Crippen LogP contribution in [0.5, 0.6) is 0 Å². The number of aromatic nitrogens is 1. The molecule has 0 spiro atoms. The molecule has 0 amide bonds. The fraction of sp³-hybridized carbons (Fsp3) is 0.192. The smallest absolute Gasteiger partial charge is 0.338 e. The van der Waals surface area contributed by atoms with Gasteiger partial charge in [0.15, 0.2) is 4.80 Å². The number of carbonyl (C=O) groups is 1. The van der Waals surface area contributed by atoms with Crippen molar-refractivity contribution in [2.24, 2.45) is 4.99 Å². The van der Waals surface area contributed by atoms with E-state index >= 15 is 0 Å². The van der Waals surface area contributed by atoms with Gasteiger partial charge in [0, 0.05) is 21.0 Å². The summed E-state index contributed by atoms with van der Waals surface area (Å²) in [6, 6.07) is 13.0. The zero-order chi connectivity index (χ0) is 24.7. The van der Waals surface area contributed by atoms with E-state index in [-0.39, 0.29) is 12.2 Å². The van der Waals surface area contributed by atoms with Crippen molar-refractivity contribution >= 4 is 50.6 Å². The van der Waals surface area contributed by atoms with E-state index in [1.807, 2.05) is 54.8 Å². The average molecular weight is 570 g/mol. The Hall–Kier alpha value is -3.01. The highest BCUT2D eigenvalue weighted by Gasteiger charge is 2.33. The molecular formula is C26H21BrN2O4S2. The Kier molecular flexibility index (Phi) is 6.48. The Morgan fingerprint density at radius 1 is 1.26 bits per heavy atom. The monoisotopic (exact) mass is 568 g/mol. The van der Waals surface area contributed by atoms with Crippen LogP contribution < -0.4 is 14.9 Å². The molecule has 0 fully saturated rings. The molecule has 0 unspecified atom stereocenters. The third kappa shape index (κ3) is 4.39. The van der Waals surface area contributed by atoms with Crippen LogP contribution >= 0.6 is 38.6 Å². The maximum atomic E-state index is 13.6. The molecule has 9 heteroatoms. The van der Waals surface area contributed by atoms with Crippen LogP contribution in [0.4, 0.5) is 0 Å². The van der Waals surface area contributed by atoms with Crippen molar-refractivity contribution in [1.29, 1.82) is 0 Å². The molecule has 178 valence electrons. The summed E-state index contributed by atoms with van der Waals surface area (Å²) < 4.78 is 14.4. The van der Waals surface area contributed by atoms with Crippen LogP contribution in [0.25, 0.3) is 17.4 Å². The first kappa shape index (κ1) is 23.7. The van der Waals surface area contributed by atoms with E-state index in [1.54, 1.807) is 24.5 Å². The number of thiazole rings is 1. The number of hydrogen-bond acceptors (Lipinski definition) is 7. The van der Waals surface area contributed by atoms with Crippen LogP contribution in [-0.4, -0.2) is 17.1 Å². The van der Waals surface area contributed by atoms with Crippen LogP contribution in [-0.2, 0) is 9.53 Å². The number of esters is 1. The number of nitrogens with zero attached hydrogens (tertiary/aromatic N) is 2. The van der Waals surface area contributed by atoms with Crippen LogP contribution in [0, 0.1) is 6.92 Å². The molecule has 35 heavy (non-hydrogen) atoms. The molecule has 1 aromatic carbocycles. The second-order valence-electron chi connectivity index (χ2n) is 8.00. The van der Waals surface area contributed by atoms with Crippen molar-refractivity contribution in [3.63, 3.8) is 0 Å². The van der Waals surface area contributed by atoms with Crippen LogP contribution in [0.3, 0.4) is 0 Å². The van der Waals surface area contributed by atoms with Crippen molar-refractivity contribution in [1.82, 2.24) is 4.57 Å². The number of furan rings is 1. The van der Waals surface area contributed by atoms with E-state index in [0.29, 0.717) is 32.1 Å². The fourth-order valence-electron chi connectivity index (χ4n) is 4.03. The Bertz CT molecular complexity index is 1640. The summed E-state index contributed by atoms with van der Waals surface area (Å²) >= 11 is 6.36. The number of benzene rings is 1. The minimum absolute atomic E-state index is 0.226. The molecule has 4 heterocycles. The number of thiophene rings is 1. The van der Waals surface area contributed by atoms with Gasteiger partial charge in [-0.05, 0) is 62.0 Å². The number of halogens is 1. The summed E-state index contributed by atoms with van der Waals surface area (Å²) in [6.07, 6.45) is 1.73. The van der Waals surface area contributed by atoms with Gasteiger partial charge < -0.3 is 9.15 Å². The second kappa shape index (κ2) is 9.56. The summed E-state index contributed by atoms with van der Waals surface area (Å²) in [5.74, 6) is 0.806. The minimum atomic E-state index is -0.580. The number of allylic oxidation sites excluding steroid dienone is 1. The largest absolute Gasteiger partial charge is 0.463 e. The lowest BCUT2D eigenvalue weighted by atomic mass is 10.0. The van der Waals surface area contributed by atoms with E-state index in [9.17, 15) is 9.59 Å². The number of ether oxygens (including phenoxy) is 1. The summed E-state index contributed by atoms with van der Waals surface area (Å²) in [4.78, 5) is 32.4. The lowest BCUT2D eigenvalue weighted by molar-refractivity contribution is -0.139. The Labute approximate surface area is 217 Å². The first-order valence-corrected chi connectivity index (χ1v) is 13.5. The normalized spacial score (nSPS) is 15.8. The molecule has 0 bridgehead atoms.